The normalized spacial score (nSPS) is 21.1. The molecule has 0 amide bonds. The van der Waals surface area contributed by atoms with E-state index in [1.54, 1.807) is 18.2 Å². The van der Waals surface area contributed by atoms with Crippen molar-refractivity contribution in [3.05, 3.63) is 68.8 Å². The maximum Gasteiger partial charge on any atom is 0.138 e. The van der Waals surface area contributed by atoms with Crippen molar-refractivity contribution >= 4 is 40.5 Å². The summed E-state index contributed by atoms with van der Waals surface area (Å²) in [4.78, 5) is 2.40. The lowest BCUT2D eigenvalue weighted by molar-refractivity contribution is 0.0243. The minimum absolute atomic E-state index is 0.117. The van der Waals surface area contributed by atoms with E-state index in [0.29, 0.717) is 22.4 Å². The number of benzene rings is 2. The first kappa shape index (κ1) is 18.9. The molecule has 27 heavy (non-hydrogen) atoms. The average molecular weight is 426 g/mol. The number of morpholine rings is 1. The van der Waals surface area contributed by atoms with Crippen LogP contribution in [0.5, 0.6) is 5.75 Å². The van der Waals surface area contributed by atoms with E-state index >= 15 is 0 Å². The fraction of sp³-hybridized carbons (Fsp3) is 0.300. The largest absolute Gasteiger partial charge is 0.488 e. The predicted octanol–water partition coefficient (Wildman–Crippen LogP) is 5.41. The van der Waals surface area contributed by atoms with Gasteiger partial charge in [-0.05, 0) is 42.5 Å². The second kappa shape index (κ2) is 8.29. The molecule has 1 saturated heterocycles. The molecular weight excluding hydrogens is 407 g/mol. The van der Waals surface area contributed by atoms with E-state index in [9.17, 15) is 0 Å². The number of nitrogens with zero attached hydrogens (tertiary/aromatic N) is 1. The third-order valence-corrected chi connectivity index (χ3v) is 5.49. The van der Waals surface area contributed by atoms with Gasteiger partial charge >= 0.3 is 0 Å². The summed E-state index contributed by atoms with van der Waals surface area (Å²) < 4.78 is 11.3. The third kappa shape index (κ3) is 4.20. The fourth-order valence-electron chi connectivity index (χ4n) is 3.47. The number of rotatable bonds is 4. The molecule has 0 spiro atoms. The minimum Gasteiger partial charge on any atom is -0.488 e. The Balaban J connectivity index is 1.55. The van der Waals surface area contributed by atoms with Crippen LogP contribution in [0.4, 0.5) is 5.69 Å². The van der Waals surface area contributed by atoms with Gasteiger partial charge in [-0.1, -0.05) is 34.8 Å². The van der Waals surface area contributed by atoms with Gasteiger partial charge in [0, 0.05) is 40.1 Å². The van der Waals surface area contributed by atoms with Gasteiger partial charge in [-0.2, -0.15) is 0 Å². The zero-order valence-electron chi connectivity index (χ0n) is 14.6. The Morgan fingerprint density at radius 2 is 1.81 bits per heavy atom. The molecule has 0 aromatic heterocycles. The second-order valence-corrected chi connectivity index (χ2v) is 7.73. The van der Waals surface area contributed by atoms with Crippen molar-refractivity contribution in [2.75, 3.05) is 38.2 Å². The molecule has 1 unspecified atom stereocenters. The molecule has 0 radical (unpaired) electrons. The molecule has 0 aliphatic carbocycles. The van der Waals surface area contributed by atoms with Crippen LogP contribution in [0.2, 0.25) is 15.1 Å². The third-order valence-electron chi connectivity index (χ3n) is 4.73. The summed E-state index contributed by atoms with van der Waals surface area (Å²) in [6, 6.07) is 11.3. The van der Waals surface area contributed by atoms with Gasteiger partial charge in [0.1, 0.15) is 12.4 Å². The van der Waals surface area contributed by atoms with Gasteiger partial charge in [0.15, 0.2) is 0 Å². The highest BCUT2D eigenvalue weighted by Crippen LogP contribution is 2.42. The molecule has 2 aliphatic heterocycles. The van der Waals surface area contributed by atoms with E-state index in [1.165, 1.54) is 5.56 Å². The van der Waals surface area contributed by atoms with Crippen LogP contribution in [0, 0.1) is 0 Å². The summed E-state index contributed by atoms with van der Waals surface area (Å²) in [7, 11) is 0. The average Bonchev–Trinajstić information content (AvgIpc) is 3.01. The summed E-state index contributed by atoms with van der Waals surface area (Å²) in [6.45, 7) is 3.61. The van der Waals surface area contributed by atoms with Crippen molar-refractivity contribution in [1.29, 1.82) is 0 Å². The molecule has 2 aromatic carbocycles. The lowest BCUT2D eigenvalue weighted by Crippen LogP contribution is -2.39. The van der Waals surface area contributed by atoms with Crippen LogP contribution in [0.3, 0.4) is 0 Å². The first-order chi connectivity index (χ1) is 13.1. The lowest BCUT2D eigenvalue weighted by Gasteiger charge is -2.33. The highest BCUT2D eigenvalue weighted by molar-refractivity contribution is 6.35. The number of nitrogens with one attached hydrogen (secondary N) is 1. The van der Waals surface area contributed by atoms with Gasteiger partial charge in [0.25, 0.3) is 0 Å². The van der Waals surface area contributed by atoms with Crippen LogP contribution in [0.15, 0.2) is 48.2 Å². The second-order valence-electron chi connectivity index (χ2n) is 6.45. The van der Waals surface area contributed by atoms with Crippen LogP contribution < -0.4 is 10.1 Å². The van der Waals surface area contributed by atoms with Crippen LogP contribution >= 0.6 is 34.8 Å². The van der Waals surface area contributed by atoms with Crippen LogP contribution in [0.25, 0.3) is 0 Å². The van der Waals surface area contributed by atoms with E-state index in [-0.39, 0.29) is 6.04 Å². The van der Waals surface area contributed by atoms with E-state index in [0.717, 1.165) is 42.7 Å². The first-order valence-electron chi connectivity index (χ1n) is 8.78. The Morgan fingerprint density at radius 3 is 2.59 bits per heavy atom. The van der Waals surface area contributed by atoms with E-state index in [4.69, 9.17) is 44.3 Å². The first-order valence-corrected chi connectivity index (χ1v) is 9.91. The van der Waals surface area contributed by atoms with Gasteiger partial charge in [-0.25, -0.2) is 0 Å². The van der Waals surface area contributed by atoms with Gasteiger partial charge in [-0.3, -0.25) is 4.90 Å². The lowest BCUT2D eigenvalue weighted by atomic mass is 10.0. The van der Waals surface area contributed by atoms with Gasteiger partial charge in [0.05, 0.1) is 24.3 Å². The van der Waals surface area contributed by atoms with Crippen molar-refractivity contribution in [2.24, 2.45) is 0 Å². The summed E-state index contributed by atoms with van der Waals surface area (Å²) >= 11 is 18.4. The molecule has 1 fully saturated rings. The highest BCUT2D eigenvalue weighted by atomic mass is 35.5. The van der Waals surface area contributed by atoms with Crippen LogP contribution in [-0.4, -0.2) is 37.8 Å². The number of anilines is 1. The molecule has 4 rings (SSSR count). The van der Waals surface area contributed by atoms with Crippen molar-refractivity contribution in [3.8, 4) is 5.75 Å². The molecule has 2 heterocycles. The Morgan fingerprint density at radius 1 is 1.07 bits per heavy atom. The Hall–Kier alpha value is -1.43. The summed E-state index contributed by atoms with van der Waals surface area (Å²) in [5.74, 6) is 0.611. The van der Waals surface area contributed by atoms with Gasteiger partial charge < -0.3 is 14.8 Å². The van der Waals surface area contributed by atoms with Gasteiger partial charge in [-0.15, -0.1) is 0 Å². The Kier molecular flexibility index (Phi) is 5.81. The molecule has 142 valence electrons. The zero-order valence-corrected chi connectivity index (χ0v) is 16.8. The quantitative estimate of drug-likeness (QED) is 0.710. The Bertz CT molecular complexity index is 866. The summed E-state index contributed by atoms with van der Waals surface area (Å²) in [5, 5.41) is 5.33. The van der Waals surface area contributed by atoms with E-state index < -0.39 is 0 Å². The summed E-state index contributed by atoms with van der Waals surface area (Å²) in [5.41, 5.74) is 3.34. The standard InChI is InChI=1S/C20H19Cl3N2O2/c21-13-1-3-17-15(11-13)20(25-6-9-26-10-7-25)18(24-17)5-8-27-19-4-2-14(22)12-16(19)23/h1-5,11-12,20,24H,6-10H2. The summed E-state index contributed by atoms with van der Waals surface area (Å²) in [6.07, 6.45) is 2.05. The molecule has 2 aliphatic rings. The molecule has 0 saturated carbocycles. The molecule has 4 nitrogen and oxygen atoms in total. The Labute approximate surface area is 173 Å². The van der Waals surface area contributed by atoms with E-state index in [1.807, 2.05) is 18.2 Å². The van der Waals surface area contributed by atoms with Crippen molar-refractivity contribution in [2.45, 2.75) is 6.04 Å². The number of halogens is 3. The number of hydrogen-bond acceptors (Lipinski definition) is 4. The van der Waals surface area contributed by atoms with Crippen LogP contribution in [-0.2, 0) is 4.74 Å². The topological polar surface area (TPSA) is 33.7 Å². The van der Waals surface area contributed by atoms with Crippen molar-refractivity contribution in [3.63, 3.8) is 0 Å². The van der Waals surface area contributed by atoms with Crippen LogP contribution in [0.1, 0.15) is 11.6 Å². The maximum atomic E-state index is 6.25. The number of hydrogen-bond donors (Lipinski definition) is 1. The highest BCUT2D eigenvalue weighted by Gasteiger charge is 2.33. The van der Waals surface area contributed by atoms with Crippen molar-refractivity contribution in [1.82, 2.24) is 4.90 Å². The molecule has 1 N–H and O–H groups in total. The number of fused-ring (bicyclic) bond motifs is 1. The molecule has 1 atom stereocenters. The smallest absolute Gasteiger partial charge is 0.138 e. The SMILES string of the molecule is Clc1ccc(OCC=C2Nc3ccc(Cl)cc3C2N2CCOCC2)c(Cl)c1. The molecule has 0 bridgehead atoms. The maximum absolute atomic E-state index is 6.25. The molecular formula is C20H19Cl3N2O2. The van der Waals surface area contributed by atoms with Gasteiger partial charge in [0.2, 0.25) is 0 Å². The zero-order chi connectivity index (χ0) is 18.8. The molecule has 2 aromatic rings. The fourth-order valence-corrected chi connectivity index (χ4v) is 4.11. The monoisotopic (exact) mass is 424 g/mol. The molecule has 7 heteroatoms. The van der Waals surface area contributed by atoms with Crippen molar-refractivity contribution < 1.29 is 9.47 Å². The van der Waals surface area contributed by atoms with E-state index in [2.05, 4.69) is 16.3 Å². The minimum atomic E-state index is 0.117. The predicted molar refractivity (Wildman–Crippen MR) is 110 cm³/mol. The number of ether oxygens (including phenoxy) is 2.